The van der Waals surface area contributed by atoms with Gasteiger partial charge in [-0.15, -0.1) is 0 Å². The summed E-state index contributed by atoms with van der Waals surface area (Å²) < 4.78 is 110. The van der Waals surface area contributed by atoms with Gasteiger partial charge in [0.2, 0.25) is 0 Å². The minimum atomic E-state index is -0.704. The van der Waals surface area contributed by atoms with Gasteiger partial charge in [-0.2, -0.15) is 0 Å². The van der Waals surface area contributed by atoms with E-state index in [1.165, 1.54) is 4.57 Å². The van der Waals surface area contributed by atoms with Crippen molar-refractivity contribution in [2.45, 2.75) is 0 Å². The van der Waals surface area contributed by atoms with Crippen molar-refractivity contribution in [1.29, 1.82) is 0 Å². The minimum absolute atomic E-state index is 0.129. The predicted molar refractivity (Wildman–Crippen MR) is 227 cm³/mol. The van der Waals surface area contributed by atoms with Crippen molar-refractivity contribution in [2.75, 3.05) is 0 Å². The maximum absolute atomic E-state index is 9.80. The van der Waals surface area contributed by atoms with Crippen LogP contribution in [-0.2, 0) is 0 Å². The van der Waals surface area contributed by atoms with Gasteiger partial charge in [0.05, 0.1) is 33.2 Å². The zero-order valence-electron chi connectivity index (χ0n) is 41.0. The molecule has 258 valence electrons. The highest BCUT2D eigenvalue weighted by Gasteiger charge is 2.23. The summed E-state index contributed by atoms with van der Waals surface area (Å²) in [6.07, 6.45) is 0. The van der Waals surface area contributed by atoms with Crippen LogP contribution in [0.4, 0.5) is 0 Å². The summed E-state index contributed by atoms with van der Waals surface area (Å²) in [5, 5.41) is -0.352. The molecule has 0 aliphatic heterocycles. The molecule has 0 unspecified atom stereocenters. The third-order valence-electron chi connectivity index (χ3n) is 9.41. The second kappa shape index (κ2) is 13.8. The summed E-state index contributed by atoms with van der Waals surface area (Å²) >= 11 is 0. The summed E-state index contributed by atoms with van der Waals surface area (Å²) in [7, 11) is 0. The fourth-order valence-corrected chi connectivity index (χ4v) is 6.84. The number of rotatable bonds is 7. The van der Waals surface area contributed by atoms with Crippen LogP contribution in [-0.4, -0.2) is 19.5 Å². The van der Waals surface area contributed by atoms with Crippen molar-refractivity contribution in [1.82, 2.24) is 19.5 Å². The number of aromatic nitrogens is 4. The van der Waals surface area contributed by atoms with E-state index >= 15 is 0 Å². The average Bonchev–Trinajstić information content (AvgIpc) is 3.73. The van der Waals surface area contributed by atoms with E-state index in [1.807, 2.05) is 121 Å². The molecule has 4 heteroatoms. The number of hydrogen-bond donors (Lipinski definition) is 0. The van der Waals surface area contributed by atoms with Crippen molar-refractivity contribution in [3.63, 3.8) is 0 Å². The van der Waals surface area contributed by atoms with Crippen LogP contribution in [0.15, 0.2) is 206 Å². The second-order valence-corrected chi connectivity index (χ2v) is 12.7. The third kappa shape index (κ3) is 5.96. The lowest BCUT2D eigenvalue weighted by Gasteiger charge is -2.19. The van der Waals surface area contributed by atoms with Crippen LogP contribution in [0.3, 0.4) is 0 Å². The highest BCUT2D eigenvalue weighted by molar-refractivity contribution is 6.11. The molecular weight excluding hydrogens is 669 g/mol. The van der Waals surface area contributed by atoms with Gasteiger partial charge in [0.1, 0.15) is 0 Å². The molecule has 0 saturated carbocycles. The molecule has 55 heavy (non-hydrogen) atoms. The number of benzene rings is 8. The first-order chi connectivity index (χ1) is 32.3. The average molecular weight is 715 g/mol. The van der Waals surface area contributed by atoms with E-state index in [2.05, 4.69) is 0 Å². The van der Waals surface area contributed by atoms with Crippen LogP contribution < -0.4 is 0 Å². The van der Waals surface area contributed by atoms with Gasteiger partial charge < -0.3 is 4.57 Å². The van der Waals surface area contributed by atoms with Crippen molar-refractivity contribution in [3.8, 4) is 73.2 Å². The molecule has 0 amide bonds. The van der Waals surface area contributed by atoms with Crippen molar-refractivity contribution in [3.05, 3.63) is 206 Å². The van der Waals surface area contributed by atoms with E-state index in [0.29, 0.717) is 39.5 Å². The molecule has 8 aromatic carbocycles. The Labute approximate surface area is 336 Å². The zero-order valence-corrected chi connectivity index (χ0v) is 29.0. The van der Waals surface area contributed by atoms with E-state index in [4.69, 9.17) is 24.5 Å². The quantitative estimate of drug-likeness (QED) is 0.165. The lowest BCUT2D eigenvalue weighted by molar-refractivity contribution is 1.06. The maximum atomic E-state index is 9.80. The molecule has 10 rings (SSSR count). The normalized spacial score (nSPS) is 14.3. The molecule has 0 radical (unpaired) electrons. The Morgan fingerprint density at radius 3 is 1.55 bits per heavy atom. The summed E-state index contributed by atoms with van der Waals surface area (Å²) in [6, 6.07) is 34.1. The van der Waals surface area contributed by atoms with Crippen LogP contribution in [0.1, 0.15) is 16.4 Å². The molecule has 0 aliphatic carbocycles. The Kier molecular flexibility index (Phi) is 5.52. The fraction of sp³-hybridized carbons (Fsp3) is 0. The molecule has 10 aromatic rings. The fourth-order valence-electron chi connectivity index (χ4n) is 6.84. The molecule has 0 aliphatic rings. The number of nitrogens with zero attached hydrogens (tertiary/aromatic N) is 4. The first-order valence-electron chi connectivity index (χ1n) is 23.6. The van der Waals surface area contributed by atoms with E-state index < -0.39 is 83.6 Å². The van der Waals surface area contributed by atoms with E-state index in [9.17, 15) is 6.85 Å². The Hall–Kier alpha value is -7.43. The van der Waals surface area contributed by atoms with Crippen molar-refractivity contribution in [2.24, 2.45) is 0 Å². The standard InChI is InChI=1S/C51H34N4/c1-5-16-35(17-6-1)37-28-30-38(31-29-37)42-25-15-26-44(51-53-49(39-20-9-3-10-21-39)52-50(54-51)40-22-11-4-12-23-40)48(42)55-46-27-14-13-24-43(46)45-34-41(32-33-47(45)55)36-18-7-2-8-19-36/h1-34H/i2D,7D,8D,13D,14D,18D,19D,24D,27D,32D,33D,34D. The SMILES string of the molecule is [2H]c1c([2H])c([2H])c(-c2c([2H])c([2H])c3c(c2[2H])c2c([2H])c([2H])c([2H])c([2H])c2n3-c2c(-c3ccc(-c4ccccc4)cc3)cccc2-c2nc(-c3ccccc3)nc(-c3ccccc3)n2)c([2H])c1[2H]. The summed E-state index contributed by atoms with van der Waals surface area (Å²) in [5.41, 5.74) is 3.85. The molecule has 2 heterocycles. The van der Waals surface area contributed by atoms with Crippen LogP contribution in [0.2, 0.25) is 0 Å². The molecule has 4 nitrogen and oxygen atoms in total. The third-order valence-corrected chi connectivity index (χ3v) is 9.41. The molecule has 0 fully saturated rings. The summed E-state index contributed by atoms with van der Waals surface area (Å²) in [4.78, 5) is 15.0. The molecule has 0 N–H and O–H groups in total. The van der Waals surface area contributed by atoms with Gasteiger partial charge >= 0.3 is 0 Å². The van der Waals surface area contributed by atoms with Crippen LogP contribution in [0, 0.1) is 0 Å². The Bertz CT molecular complexity index is 3550. The lowest BCUT2D eigenvalue weighted by Crippen LogP contribution is -2.05. The van der Waals surface area contributed by atoms with Crippen molar-refractivity contribution < 1.29 is 16.4 Å². The maximum Gasteiger partial charge on any atom is 0.166 e. The Morgan fingerprint density at radius 1 is 0.345 bits per heavy atom. The predicted octanol–water partition coefficient (Wildman–Crippen LogP) is 13.0. The smallest absolute Gasteiger partial charge is 0.166 e. The summed E-state index contributed by atoms with van der Waals surface area (Å²) in [6.45, 7) is 0. The molecule has 0 atom stereocenters. The van der Waals surface area contributed by atoms with Gasteiger partial charge in [0.15, 0.2) is 17.5 Å². The largest absolute Gasteiger partial charge is 0.308 e. The zero-order chi connectivity index (χ0) is 47.0. The van der Waals surface area contributed by atoms with Gasteiger partial charge in [-0.25, -0.2) is 15.0 Å². The monoisotopic (exact) mass is 714 g/mol. The van der Waals surface area contributed by atoms with Crippen LogP contribution >= 0.6 is 0 Å². The molecular formula is C51H34N4. The second-order valence-electron chi connectivity index (χ2n) is 12.7. The van der Waals surface area contributed by atoms with E-state index in [0.717, 1.165) is 11.1 Å². The van der Waals surface area contributed by atoms with E-state index in [-0.39, 0.29) is 33.3 Å². The number of hydrogen-bond acceptors (Lipinski definition) is 3. The van der Waals surface area contributed by atoms with E-state index in [1.54, 1.807) is 12.1 Å². The Morgan fingerprint density at radius 2 is 0.873 bits per heavy atom. The van der Waals surface area contributed by atoms with Gasteiger partial charge in [0.25, 0.3) is 0 Å². The highest BCUT2D eigenvalue weighted by atomic mass is 15.1. The number of fused-ring (bicyclic) bond motifs is 3. The van der Waals surface area contributed by atoms with Gasteiger partial charge in [-0.3, -0.25) is 0 Å². The van der Waals surface area contributed by atoms with Gasteiger partial charge in [-0.1, -0.05) is 182 Å². The first-order valence-corrected chi connectivity index (χ1v) is 17.6. The topological polar surface area (TPSA) is 43.6 Å². The number of para-hydroxylation sites is 2. The first kappa shape index (κ1) is 21.9. The molecule has 2 aromatic heterocycles. The molecule has 0 saturated heterocycles. The Balaban J connectivity index is 1.39. The van der Waals surface area contributed by atoms with Gasteiger partial charge in [-0.05, 0) is 52.0 Å². The molecule has 0 spiro atoms. The van der Waals surface area contributed by atoms with Crippen LogP contribution in [0.25, 0.3) is 95.0 Å². The molecule has 0 bridgehead atoms. The van der Waals surface area contributed by atoms with Crippen molar-refractivity contribution >= 4 is 21.8 Å². The lowest BCUT2D eigenvalue weighted by atomic mass is 9.96. The minimum Gasteiger partial charge on any atom is -0.308 e. The summed E-state index contributed by atoms with van der Waals surface area (Å²) in [5.74, 6) is 0.841. The van der Waals surface area contributed by atoms with Gasteiger partial charge in [0, 0.05) is 33.0 Å². The highest BCUT2D eigenvalue weighted by Crippen LogP contribution is 2.42. The van der Waals surface area contributed by atoms with Crippen LogP contribution in [0.5, 0.6) is 0 Å².